The van der Waals surface area contributed by atoms with Crippen LogP contribution in [0.2, 0.25) is 0 Å². The minimum absolute atomic E-state index is 0.285. The second-order valence-corrected chi connectivity index (χ2v) is 6.11. The molecule has 0 aromatic heterocycles. The van der Waals surface area contributed by atoms with Crippen molar-refractivity contribution < 1.29 is 13.2 Å². The molecular formula is C15H28F3N. The van der Waals surface area contributed by atoms with Gasteiger partial charge in [-0.15, -0.1) is 0 Å². The van der Waals surface area contributed by atoms with Gasteiger partial charge in [0.05, 0.1) is 5.92 Å². The molecule has 0 saturated heterocycles. The smallest absolute Gasteiger partial charge is 0.311 e. The maximum Gasteiger partial charge on any atom is 0.391 e. The van der Waals surface area contributed by atoms with E-state index in [0.29, 0.717) is 37.6 Å². The van der Waals surface area contributed by atoms with Crippen molar-refractivity contribution in [3.63, 3.8) is 0 Å². The Morgan fingerprint density at radius 3 is 2.05 bits per heavy atom. The molecule has 0 aliphatic heterocycles. The van der Waals surface area contributed by atoms with Crippen LogP contribution in [0.4, 0.5) is 13.2 Å². The number of nitrogens with one attached hydrogen (secondary N) is 1. The van der Waals surface area contributed by atoms with E-state index in [0.717, 1.165) is 12.8 Å². The highest BCUT2D eigenvalue weighted by Crippen LogP contribution is 2.37. The maximum absolute atomic E-state index is 12.6. The van der Waals surface area contributed by atoms with Crippen molar-refractivity contribution in [2.24, 2.45) is 11.8 Å². The lowest BCUT2D eigenvalue weighted by molar-refractivity contribution is -0.182. The van der Waals surface area contributed by atoms with E-state index in [1.807, 2.05) is 0 Å². The van der Waals surface area contributed by atoms with E-state index in [4.69, 9.17) is 0 Å². The molecule has 0 radical (unpaired) electrons. The van der Waals surface area contributed by atoms with Crippen LogP contribution in [0.25, 0.3) is 0 Å². The van der Waals surface area contributed by atoms with Gasteiger partial charge in [-0.3, -0.25) is 0 Å². The van der Waals surface area contributed by atoms with E-state index in [1.165, 1.54) is 6.42 Å². The molecule has 0 heterocycles. The summed E-state index contributed by atoms with van der Waals surface area (Å²) in [5.74, 6) is -0.385. The summed E-state index contributed by atoms with van der Waals surface area (Å²) in [6.07, 6.45) is 1.28. The molecule has 1 fully saturated rings. The van der Waals surface area contributed by atoms with Crippen molar-refractivity contribution >= 4 is 0 Å². The highest BCUT2D eigenvalue weighted by Gasteiger charge is 2.41. The molecule has 19 heavy (non-hydrogen) atoms. The molecule has 1 rings (SSSR count). The summed E-state index contributed by atoms with van der Waals surface area (Å²) >= 11 is 0. The van der Waals surface area contributed by atoms with Crippen LogP contribution in [0.3, 0.4) is 0 Å². The Hall–Kier alpha value is -0.250. The highest BCUT2D eigenvalue weighted by atomic mass is 19.4. The third-order valence-electron chi connectivity index (χ3n) is 4.54. The van der Waals surface area contributed by atoms with Crippen LogP contribution < -0.4 is 5.32 Å². The Morgan fingerprint density at radius 1 is 1.05 bits per heavy atom. The quantitative estimate of drug-likeness (QED) is 0.728. The van der Waals surface area contributed by atoms with Crippen molar-refractivity contribution in [1.29, 1.82) is 0 Å². The van der Waals surface area contributed by atoms with Crippen molar-refractivity contribution in [2.75, 3.05) is 0 Å². The monoisotopic (exact) mass is 279 g/mol. The lowest BCUT2D eigenvalue weighted by Crippen LogP contribution is -2.42. The van der Waals surface area contributed by atoms with E-state index < -0.39 is 12.1 Å². The van der Waals surface area contributed by atoms with Gasteiger partial charge in [0, 0.05) is 12.1 Å². The van der Waals surface area contributed by atoms with Crippen molar-refractivity contribution in [2.45, 2.75) is 84.0 Å². The molecule has 1 N–H and O–H groups in total. The topological polar surface area (TPSA) is 12.0 Å². The van der Waals surface area contributed by atoms with Crippen LogP contribution in [0, 0.1) is 11.8 Å². The summed E-state index contributed by atoms with van der Waals surface area (Å²) in [4.78, 5) is 0. The van der Waals surface area contributed by atoms with Gasteiger partial charge in [-0.05, 0) is 44.4 Å². The number of hydrogen-bond donors (Lipinski definition) is 1. The summed E-state index contributed by atoms with van der Waals surface area (Å²) in [6, 6.07) is 0.745. The fourth-order valence-corrected chi connectivity index (χ4v) is 2.93. The minimum Gasteiger partial charge on any atom is -0.311 e. The van der Waals surface area contributed by atoms with Crippen molar-refractivity contribution in [1.82, 2.24) is 5.32 Å². The molecule has 4 heteroatoms. The maximum atomic E-state index is 12.6. The second kappa shape index (κ2) is 7.51. The fraction of sp³-hybridized carbons (Fsp3) is 1.00. The van der Waals surface area contributed by atoms with Crippen molar-refractivity contribution in [3.8, 4) is 0 Å². The van der Waals surface area contributed by atoms with E-state index >= 15 is 0 Å². The number of alkyl halides is 3. The van der Waals surface area contributed by atoms with Gasteiger partial charge in [-0.1, -0.05) is 27.2 Å². The predicted octanol–water partition coefficient (Wildman–Crippen LogP) is 4.91. The lowest BCUT2D eigenvalue weighted by Gasteiger charge is -2.33. The highest BCUT2D eigenvalue weighted by molar-refractivity contribution is 4.83. The largest absolute Gasteiger partial charge is 0.391 e. The van der Waals surface area contributed by atoms with E-state index in [9.17, 15) is 13.2 Å². The van der Waals surface area contributed by atoms with E-state index in [-0.39, 0.29) is 6.04 Å². The Kier molecular flexibility index (Phi) is 6.64. The van der Waals surface area contributed by atoms with Gasteiger partial charge in [-0.25, -0.2) is 0 Å². The predicted molar refractivity (Wildman–Crippen MR) is 73.1 cm³/mol. The average Bonchev–Trinajstić information content (AvgIpc) is 2.37. The van der Waals surface area contributed by atoms with Gasteiger partial charge in [0.15, 0.2) is 0 Å². The number of rotatable bonds is 6. The van der Waals surface area contributed by atoms with Gasteiger partial charge >= 0.3 is 6.18 Å². The van der Waals surface area contributed by atoms with Crippen LogP contribution in [-0.4, -0.2) is 18.3 Å². The van der Waals surface area contributed by atoms with Gasteiger partial charge in [0.2, 0.25) is 0 Å². The molecule has 0 spiro atoms. The summed E-state index contributed by atoms with van der Waals surface area (Å²) in [7, 11) is 0. The summed E-state index contributed by atoms with van der Waals surface area (Å²) in [5, 5.41) is 3.58. The third-order valence-corrected chi connectivity index (χ3v) is 4.54. The molecule has 2 unspecified atom stereocenters. The van der Waals surface area contributed by atoms with Crippen LogP contribution in [0.15, 0.2) is 0 Å². The van der Waals surface area contributed by atoms with Gasteiger partial charge in [0.1, 0.15) is 0 Å². The Bertz CT molecular complexity index is 244. The summed E-state index contributed by atoms with van der Waals surface area (Å²) < 4.78 is 37.8. The van der Waals surface area contributed by atoms with Gasteiger partial charge in [-0.2, -0.15) is 13.2 Å². The Morgan fingerprint density at radius 2 is 1.63 bits per heavy atom. The molecule has 1 nitrogen and oxygen atoms in total. The fourth-order valence-electron chi connectivity index (χ4n) is 2.93. The third kappa shape index (κ3) is 5.72. The lowest BCUT2D eigenvalue weighted by atomic mass is 9.85. The normalized spacial score (nSPS) is 28.1. The molecule has 0 aromatic rings. The van der Waals surface area contributed by atoms with Gasteiger partial charge < -0.3 is 5.32 Å². The zero-order valence-electron chi connectivity index (χ0n) is 12.4. The molecule has 0 aromatic carbocycles. The molecule has 0 amide bonds. The first-order valence-electron chi connectivity index (χ1n) is 7.69. The first kappa shape index (κ1) is 16.8. The van der Waals surface area contributed by atoms with Crippen LogP contribution in [0.5, 0.6) is 0 Å². The standard InChI is InChI=1S/C15H28F3N/c1-4-11(3)10-13(5-2)19-14-8-6-12(7-9-14)15(16,17)18/h11-14,19H,4-10H2,1-3H3. The van der Waals surface area contributed by atoms with Crippen LogP contribution in [0.1, 0.15) is 65.7 Å². The zero-order valence-corrected chi connectivity index (χ0v) is 12.4. The van der Waals surface area contributed by atoms with E-state index in [2.05, 4.69) is 26.1 Å². The van der Waals surface area contributed by atoms with Crippen molar-refractivity contribution in [3.05, 3.63) is 0 Å². The van der Waals surface area contributed by atoms with Crippen LogP contribution >= 0.6 is 0 Å². The molecule has 1 aliphatic rings. The van der Waals surface area contributed by atoms with Gasteiger partial charge in [0.25, 0.3) is 0 Å². The molecule has 0 bridgehead atoms. The number of halogens is 3. The second-order valence-electron chi connectivity index (χ2n) is 6.11. The summed E-state index contributed by atoms with van der Waals surface area (Å²) in [6.45, 7) is 6.58. The summed E-state index contributed by atoms with van der Waals surface area (Å²) in [5.41, 5.74) is 0. The first-order valence-corrected chi connectivity index (χ1v) is 7.69. The molecule has 114 valence electrons. The molecular weight excluding hydrogens is 251 g/mol. The first-order chi connectivity index (χ1) is 8.86. The zero-order chi connectivity index (χ0) is 14.5. The molecule has 1 saturated carbocycles. The Labute approximate surface area is 115 Å². The van der Waals surface area contributed by atoms with E-state index in [1.54, 1.807) is 0 Å². The average molecular weight is 279 g/mol. The van der Waals surface area contributed by atoms with Crippen LogP contribution in [-0.2, 0) is 0 Å². The molecule has 2 atom stereocenters. The molecule has 1 aliphatic carbocycles. The number of hydrogen-bond acceptors (Lipinski definition) is 1. The Balaban J connectivity index is 2.35. The minimum atomic E-state index is -3.99. The SMILES string of the molecule is CCC(C)CC(CC)NC1CCC(C(F)(F)F)CC1.